The van der Waals surface area contributed by atoms with Gasteiger partial charge in [-0.25, -0.2) is 0 Å². The largest absolute Gasteiger partial charge is 0.304 e. The molecule has 4 aliphatic rings. The van der Waals surface area contributed by atoms with E-state index < -0.39 is 0 Å². The number of aromatic nitrogens is 1. The minimum Gasteiger partial charge on any atom is -0.304 e. The molecule has 0 fully saturated rings. The molecule has 2 heteroatoms. The molecule has 0 unspecified atom stereocenters. The van der Waals surface area contributed by atoms with Gasteiger partial charge in [-0.15, -0.1) is 29.8 Å². The van der Waals surface area contributed by atoms with Crippen LogP contribution in [-0.2, 0) is 41.8 Å². The van der Waals surface area contributed by atoms with Crippen molar-refractivity contribution in [3.63, 3.8) is 0 Å². The van der Waals surface area contributed by atoms with E-state index in [2.05, 4.69) is 274 Å². The fourth-order valence-electron chi connectivity index (χ4n) is 18.1. The molecule has 0 spiro atoms. The number of fused-ring (bicyclic) bond motifs is 15. The van der Waals surface area contributed by atoms with Crippen LogP contribution < -0.4 is 0 Å². The quantitative estimate of drug-likeness (QED) is 0.0828. The van der Waals surface area contributed by atoms with Crippen LogP contribution in [0.15, 0.2) is 219 Å². The molecule has 12 aromatic rings. The van der Waals surface area contributed by atoms with Crippen LogP contribution >= 0.6 is 0 Å². The Morgan fingerprint density at radius 3 is 0.966 bits per heavy atom. The van der Waals surface area contributed by atoms with E-state index in [-0.39, 0.29) is 41.8 Å². The first-order chi connectivity index (χ1) is 43.1. The third kappa shape index (κ3) is 8.05. The van der Waals surface area contributed by atoms with Crippen molar-refractivity contribution in [2.75, 3.05) is 0 Å². The van der Waals surface area contributed by atoms with Crippen LogP contribution in [0.1, 0.15) is 151 Å². The third-order valence-electron chi connectivity index (χ3n) is 23.2. The topological polar surface area (TPSA) is 12.9 Å². The first-order valence-electron chi connectivity index (χ1n) is 33.1. The van der Waals surface area contributed by atoms with Crippen LogP contribution in [0.2, 0.25) is 0 Å². The van der Waals surface area contributed by atoms with Crippen molar-refractivity contribution in [1.29, 1.82) is 0 Å². The molecule has 1 nitrogen and oxygen atoms in total. The Labute approximate surface area is 540 Å². The van der Waals surface area contributed by atoms with Gasteiger partial charge in [-0.2, -0.15) is 0 Å². The molecule has 11 aromatic carbocycles. The number of nitrogens with zero attached hydrogens (tertiary/aromatic N) is 1. The first-order valence-corrected chi connectivity index (χ1v) is 33.1. The normalized spacial score (nSPS) is 15.1. The zero-order valence-corrected chi connectivity index (χ0v) is 55.1. The predicted octanol–water partition coefficient (Wildman–Crippen LogP) is 23.9. The van der Waals surface area contributed by atoms with Gasteiger partial charge in [-0.05, 0) is 237 Å². The summed E-state index contributed by atoms with van der Waals surface area (Å²) in [5, 5.41) is 4.87. The fourth-order valence-corrected chi connectivity index (χ4v) is 18.1. The van der Waals surface area contributed by atoms with Crippen molar-refractivity contribution < 1.29 is 20.1 Å². The van der Waals surface area contributed by atoms with Gasteiger partial charge in [0.1, 0.15) is 0 Å². The van der Waals surface area contributed by atoms with Crippen LogP contribution in [0.3, 0.4) is 0 Å². The van der Waals surface area contributed by atoms with Crippen molar-refractivity contribution in [3.8, 4) is 100 Å². The number of rotatable bonds is 13. The Bertz CT molecular complexity index is 4840. The molecule has 89 heavy (non-hydrogen) atoms. The molecule has 0 atom stereocenters. The van der Waals surface area contributed by atoms with Crippen LogP contribution in [0.5, 0.6) is 0 Å². The molecule has 0 N–H and O–H groups in total. The summed E-state index contributed by atoms with van der Waals surface area (Å²) in [6.07, 6.45) is 10.4. The molecule has 16 rings (SSSR count). The van der Waals surface area contributed by atoms with Crippen molar-refractivity contribution in [2.24, 2.45) is 0 Å². The van der Waals surface area contributed by atoms with Crippen molar-refractivity contribution in [3.05, 3.63) is 269 Å². The predicted molar refractivity (Wildman–Crippen MR) is 372 cm³/mol. The summed E-state index contributed by atoms with van der Waals surface area (Å²) < 4.78 is 0. The van der Waals surface area contributed by atoms with Crippen LogP contribution in [-0.4, -0.2) is 4.98 Å². The SMILES string of the molecule is CCC1(CC)c2ccccc2-c2ccc(-c3ccc4c(c3)C(CC)(CC)c3cc(-c5ccc6c(c5)C(CC)(CC)c5cc(-c7ccc8c(c7)C(CC)(CC)c7cc(-c9c[c-]c(-c%10cc%11c(ccc%12ccccc%12%11)cn%10)cc9)ccc7-8)ccc5-6)ccc3-4)cc21.[Ir]. The summed E-state index contributed by atoms with van der Waals surface area (Å²) in [6, 6.07) is 86.2. The zero-order valence-electron chi connectivity index (χ0n) is 52.7. The van der Waals surface area contributed by atoms with Crippen molar-refractivity contribution in [1.82, 2.24) is 4.98 Å². The molecular weight excluding hydrogens is 1250 g/mol. The standard InChI is InChI=1S/C87H76N.Ir/c1-9-84(10-2)75-24-20-19-23-66(75)67-39-32-58(46-76(67)84)59-33-41-70-71-43-36-62(50-80(71)86(13-5,14-6)79(70)47-59)63-37-44-73-72-42-35-61(49-81(72)87(15-7,16-8)82(73)51-63)60-34-40-69-68-38-31-57(45-77(68)85(11-3,12-4)78(69)48-60)54-25-28-56(29-26-54)83-52-74-64(53-88-83)30-27-55-21-17-18-22-65(55)74;/h17-28,30-53H,9-16H2,1-8H3;/q-1;. The van der Waals surface area contributed by atoms with Crippen molar-refractivity contribution >= 4 is 21.5 Å². The molecule has 0 aliphatic heterocycles. The van der Waals surface area contributed by atoms with Gasteiger partial charge in [0.15, 0.2) is 0 Å². The molecule has 439 valence electrons. The smallest absolute Gasteiger partial charge is 0.0239 e. The summed E-state index contributed by atoms with van der Waals surface area (Å²) in [5.41, 5.74) is 34.9. The van der Waals surface area contributed by atoms with Crippen LogP contribution in [0.25, 0.3) is 122 Å². The van der Waals surface area contributed by atoms with Gasteiger partial charge in [-0.1, -0.05) is 224 Å². The number of pyridine rings is 1. The Kier molecular flexibility index (Phi) is 13.8. The third-order valence-corrected chi connectivity index (χ3v) is 23.2. The molecule has 0 saturated carbocycles. The molecule has 0 amide bonds. The van der Waals surface area contributed by atoms with Gasteiger partial charge < -0.3 is 4.98 Å². The summed E-state index contributed by atoms with van der Waals surface area (Å²) in [6.45, 7) is 19.2. The monoisotopic (exact) mass is 1330 g/mol. The van der Waals surface area contributed by atoms with E-state index in [1.54, 1.807) is 0 Å². The molecule has 0 bridgehead atoms. The average molecular weight is 1330 g/mol. The zero-order chi connectivity index (χ0) is 59.8. The molecule has 1 heterocycles. The summed E-state index contributed by atoms with van der Waals surface area (Å²) >= 11 is 0. The Balaban J connectivity index is 0.00000663. The van der Waals surface area contributed by atoms with E-state index in [1.807, 2.05) is 6.20 Å². The first kappa shape index (κ1) is 57.2. The van der Waals surface area contributed by atoms with Crippen LogP contribution in [0, 0.1) is 6.07 Å². The molecule has 1 aromatic heterocycles. The Morgan fingerprint density at radius 1 is 0.281 bits per heavy atom. The number of hydrogen-bond acceptors (Lipinski definition) is 1. The fraction of sp³-hybridized carbons (Fsp3) is 0.230. The van der Waals surface area contributed by atoms with Gasteiger partial charge in [0, 0.05) is 48.0 Å². The van der Waals surface area contributed by atoms with Gasteiger partial charge in [0.05, 0.1) is 0 Å². The number of benzene rings is 11. The number of hydrogen-bond donors (Lipinski definition) is 0. The van der Waals surface area contributed by atoms with E-state index in [0.29, 0.717) is 0 Å². The maximum Gasteiger partial charge on any atom is 0.0239 e. The van der Waals surface area contributed by atoms with Crippen LogP contribution in [0.4, 0.5) is 0 Å². The molecule has 1 radical (unpaired) electrons. The minimum absolute atomic E-state index is 0. The molecular formula is C87H76IrN-. The van der Waals surface area contributed by atoms with E-state index in [1.165, 1.54) is 150 Å². The Morgan fingerprint density at radius 2 is 0.596 bits per heavy atom. The second-order valence-electron chi connectivity index (χ2n) is 26.1. The second-order valence-corrected chi connectivity index (χ2v) is 26.1. The Hall–Kier alpha value is -8.26. The average Bonchev–Trinajstić information content (AvgIpc) is 1.64. The van der Waals surface area contributed by atoms with Crippen molar-refractivity contribution in [2.45, 2.75) is 128 Å². The maximum atomic E-state index is 4.89. The van der Waals surface area contributed by atoms with Gasteiger partial charge in [0.25, 0.3) is 0 Å². The van der Waals surface area contributed by atoms with Gasteiger partial charge in [-0.3, -0.25) is 0 Å². The van der Waals surface area contributed by atoms with E-state index >= 15 is 0 Å². The molecule has 0 saturated heterocycles. The summed E-state index contributed by atoms with van der Waals surface area (Å²) in [4.78, 5) is 4.89. The van der Waals surface area contributed by atoms with E-state index in [9.17, 15) is 0 Å². The summed E-state index contributed by atoms with van der Waals surface area (Å²) in [7, 11) is 0. The van der Waals surface area contributed by atoms with E-state index in [4.69, 9.17) is 4.98 Å². The minimum atomic E-state index is -0.0959. The van der Waals surface area contributed by atoms with Gasteiger partial charge >= 0.3 is 0 Å². The van der Waals surface area contributed by atoms with E-state index in [0.717, 1.165) is 68.0 Å². The van der Waals surface area contributed by atoms with Gasteiger partial charge in [0.2, 0.25) is 0 Å². The second kappa shape index (κ2) is 21.5. The summed E-state index contributed by atoms with van der Waals surface area (Å²) in [5.74, 6) is 0. The maximum absolute atomic E-state index is 4.89. The molecule has 4 aliphatic carbocycles.